The molecule has 0 saturated carbocycles. The average Bonchev–Trinajstić information content (AvgIpc) is 2.59. The van der Waals surface area contributed by atoms with E-state index in [4.69, 9.17) is 0 Å². The highest BCUT2D eigenvalue weighted by Gasteiger charge is 2.47. The van der Waals surface area contributed by atoms with Gasteiger partial charge in [0.1, 0.15) is 8.07 Å². The maximum Gasteiger partial charge on any atom is 0.117 e. The van der Waals surface area contributed by atoms with Crippen LogP contribution in [0.15, 0.2) is 59.8 Å². The number of rotatable bonds is 2. The van der Waals surface area contributed by atoms with E-state index in [0.717, 1.165) is 0 Å². The lowest BCUT2D eigenvalue weighted by Gasteiger charge is -2.46. The quantitative estimate of drug-likeness (QED) is 0.629. The lowest BCUT2D eigenvalue weighted by molar-refractivity contribution is 0.757. The highest BCUT2D eigenvalue weighted by atomic mass is 28.3. The summed E-state index contributed by atoms with van der Waals surface area (Å²) in [6.45, 7) is 7.66. The fraction of sp³-hybridized carbons (Fsp3) is 0.364. The van der Waals surface area contributed by atoms with Crippen molar-refractivity contribution in [2.24, 2.45) is 0 Å². The third-order valence-electron chi connectivity index (χ3n) is 6.02. The van der Waals surface area contributed by atoms with Crippen molar-refractivity contribution in [2.45, 2.75) is 51.0 Å². The maximum atomic E-state index is 2.55. The van der Waals surface area contributed by atoms with Gasteiger partial charge in [0.2, 0.25) is 0 Å². The molecule has 0 aromatic heterocycles. The van der Waals surface area contributed by atoms with Gasteiger partial charge in [0.05, 0.1) is 8.07 Å². The summed E-state index contributed by atoms with van der Waals surface area (Å²) in [7, 11) is -2.97. The molecule has 2 heteroatoms. The Hall–Kier alpha value is -1.39. The molecule has 0 bridgehead atoms. The first kappa shape index (κ1) is 16.1. The van der Waals surface area contributed by atoms with E-state index in [-0.39, 0.29) is 0 Å². The minimum Gasteiger partial charge on any atom is -0.0753 e. The van der Waals surface area contributed by atoms with Crippen LogP contribution >= 0.6 is 0 Å². The van der Waals surface area contributed by atoms with Gasteiger partial charge in [-0.3, -0.25) is 0 Å². The molecule has 0 spiro atoms. The fourth-order valence-corrected chi connectivity index (χ4v) is 14.5. The van der Waals surface area contributed by atoms with Gasteiger partial charge in [-0.25, -0.2) is 0 Å². The maximum absolute atomic E-state index is 2.55. The van der Waals surface area contributed by atoms with Crippen LogP contribution in [-0.4, -0.2) is 16.1 Å². The first-order chi connectivity index (χ1) is 11.5. The smallest absolute Gasteiger partial charge is 0.0753 e. The summed E-state index contributed by atoms with van der Waals surface area (Å²) in [6, 6.07) is 23.7. The van der Waals surface area contributed by atoms with Crippen LogP contribution in [-0.2, 0) is 6.04 Å². The molecule has 1 fully saturated rings. The third-order valence-corrected chi connectivity index (χ3v) is 13.6. The standard InChI is InChI=1S/C22H28Si2/c1-23(2,3)22-20-14-8-7-11-18(20)17-24(16-10-9-15-21(22)24)19-12-5-4-6-13-19/h4-8,11-14H,9-10,15-17H2,1-3H3. The molecule has 4 rings (SSSR count). The predicted molar refractivity (Wildman–Crippen MR) is 111 cm³/mol. The molecule has 1 unspecified atom stereocenters. The summed E-state index contributed by atoms with van der Waals surface area (Å²) in [5.41, 5.74) is 3.24. The van der Waals surface area contributed by atoms with Crippen LogP contribution in [0.1, 0.15) is 30.4 Å². The Kier molecular flexibility index (Phi) is 3.93. The van der Waals surface area contributed by atoms with E-state index in [1.54, 1.807) is 16.3 Å². The zero-order chi connectivity index (χ0) is 16.8. The van der Waals surface area contributed by atoms with Crippen LogP contribution in [0.5, 0.6) is 0 Å². The van der Waals surface area contributed by atoms with Gasteiger partial charge in [0.15, 0.2) is 0 Å². The summed E-state index contributed by atoms with van der Waals surface area (Å²) in [4.78, 5) is 0. The van der Waals surface area contributed by atoms with E-state index in [1.165, 1.54) is 31.4 Å². The summed E-state index contributed by atoms with van der Waals surface area (Å²) >= 11 is 0. The SMILES string of the molecule is C[Si](C)(C)C1=C2CCCC[Si]2(c2ccccc2)Cc2ccccc21. The molecule has 2 aromatic rings. The summed E-state index contributed by atoms with van der Waals surface area (Å²) in [6.07, 6.45) is 4.17. The van der Waals surface area contributed by atoms with Crippen molar-refractivity contribution in [1.29, 1.82) is 0 Å². The minimum atomic E-state index is -1.59. The number of benzene rings is 2. The molecule has 124 valence electrons. The summed E-state index contributed by atoms with van der Waals surface area (Å²) < 4.78 is 0. The van der Waals surface area contributed by atoms with Crippen molar-refractivity contribution in [3.8, 4) is 0 Å². The Morgan fingerprint density at radius 1 is 0.833 bits per heavy atom. The monoisotopic (exact) mass is 348 g/mol. The van der Waals surface area contributed by atoms with Gasteiger partial charge in [0.25, 0.3) is 0 Å². The largest absolute Gasteiger partial charge is 0.117 e. The Bertz CT molecular complexity index is 783. The predicted octanol–water partition coefficient (Wildman–Crippen LogP) is 5.49. The molecule has 2 aliphatic heterocycles. The van der Waals surface area contributed by atoms with Gasteiger partial charge >= 0.3 is 0 Å². The summed E-state index contributed by atoms with van der Waals surface area (Å²) in [5.74, 6) is 0. The van der Waals surface area contributed by atoms with Crippen LogP contribution < -0.4 is 5.19 Å². The second-order valence-electron chi connectivity index (χ2n) is 8.59. The van der Waals surface area contributed by atoms with Crippen molar-refractivity contribution in [3.05, 3.63) is 70.9 Å². The first-order valence-corrected chi connectivity index (χ1v) is 15.3. The number of allylic oxidation sites excluding steroid dienone is 1. The van der Waals surface area contributed by atoms with Crippen LogP contribution in [0.25, 0.3) is 5.20 Å². The molecular formula is C22H28Si2. The van der Waals surface area contributed by atoms with E-state index in [2.05, 4.69) is 74.2 Å². The summed E-state index contributed by atoms with van der Waals surface area (Å²) in [5, 5.41) is 5.43. The van der Waals surface area contributed by atoms with Crippen molar-refractivity contribution in [1.82, 2.24) is 0 Å². The van der Waals surface area contributed by atoms with Crippen LogP contribution in [0.2, 0.25) is 25.7 Å². The van der Waals surface area contributed by atoms with Crippen LogP contribution in [0.4, 0.5) is 0 Å². The van der Waals surface area contributed by atoms with Gasteiger partial charge < -0.3 is 0 Å². The van der Waals surface area contributed by atoms with Crippen molar-refractivity contribution < 1.29 is 0 Å². The van der Waals surface area contributed by atoms with E-state index in [1.807, 2.05) is 10.4 Å². The van der Waals surface area contributed by atoms with Crippen molar-refractivity contribution in [2.75, 3.05) is 0 Å². The van der Waals surface area contributed by atoms with E-state index >= 15 is 0 Å². The zero-order valence-corrected chi connectivity index (χ0v) is 17.2. The second kappa shape index (κ2) is 5.85. The molecule has 0 amide bonds. The number of hydrogen-bond donors (Lipinski definition) is 0. The fourth-order valence-electron chi connectivity index (χ4n) is 5.12. The molecule has 1 atom stereocenters. The van der Waals surface area contributed by atoms with E-state index in [9.17, 15) is 0 Å². The molecule has 1 saturated heterocycles. The molecule has 0 N–H and O–H groups in total. The number of hydrogen-bond acceptors (Lipinski definition) is 0. The Morgan fingerprint density at radius 3 is 2.29 bits per heavy atom. The minimum absolute atomic E-state index is 1.33. The highest BCUT2D eigenvalue weighted by Crippen LogP contribution is 2.46. The topological polar surface area (TPSA) is 0 Å². The Morgan fingerprint density at radius 2 is 1.54 bits per heavy atom. The zero-order valence-electron chi connectivity index (χ0n) is 15.2. The normalized spacial score (nSPS) is 23.6. The molecule has 0 radical (unpaired) electrons. The molecule has 2 aliphatic rings. The van der Waals surface area contributed by atoms with Gasteiger partial charge in [0, 0.05) is 0 Å². The van der Waals surface area contributed by atoms with Gasteiger partial charge in [-0.1, -0.05) is 103 Å². The Labute approximate surface area is 148 Å². The molecule has 24 heavy (non-hydrogen) atoms. The highest BCUT2D eigenvalue weighted by molar-refractivity contribution is 7.04. The lowest BCUT2D eigenvalue weighted by Crippen LogP contribution is -2.56. The van der Waals surface area contributed by atoms with E-state index < -0.39 is 16.1 Å². The van der Waals surface area contributed by atoms with Crippen LogP contribution in [0, 0.1) is 0 Å². The van der Waals surface area contributed by atoms with Gasteiger partial charge in [-0.05, 0) is 29.6 Å². The van der Waals surface area contributed by atoms with Crippen molar-refractivity contribution >= 4 is 26.5 Å². The molecular weight excluding hydrogens is 320 g/mol. The Balaban J connectivity index is 2.03. The molecule has 2 aromatic carbocycles. The molecule has 0 nitrogen and oxygen atoms in total. The lowest BCUT2D eigenvalue weighted by atomic mass is 10.1. The second-order valence-corrected chi connectivity index (χ2v) is 17.8. The van der Waals surface area contributed by atoms with Crippen molar-refractivity contribution in [3.63, 3.8) is 0 Å². The van der Waals surface area contributed by atoms with Crippen LogP contribution in [0.3, 0.4) is 0 Å². The molecule has 2 heterocycles. The first-order valence-electron chi connectivity index (χ1n) is 9.40. The van der Waals surface area contributed by atoms with E-state index in [0.29, 0.717) is 0 Å². The number of fused-ring (bicyclic) bond motifs is 2. The average molecular weight is 349 g/mol. The van der Waals surface area contributed by atoms with Gasteiger partial charge in [-0.15, -0.1) is 0 Å². The van der Waals surface area contributed by atoms with Gasteiger partial charge in [-0.2, -0.15) is 0 Å². The molecule has 0 aliphatic carbocycles. The third kappa shape index (κ3) is 2.47.